The molecule has 0 aliphatic rings. The molecule has 0 radical (unpaired) electrons. The molecule has 0 aliphatic carbocycles. The normalized spacial score (nSPS) is 11.8. The van der Waals surface area contributed by atoms with Crippen LogP contribution in [0.4, 0.5) is 0 Å². The summed E-state index contributed by atoms with van der Waals surface area (Å²) in [6.07, 6.45) is 1.70. The van der Waals surface area contributed by atoms with Crippen LogP contribution in [0.15, 0.2) is 0 Å². The Balaban J connectivity index is 4.13. The fraction of sp³-hybridized carbons (Fsp3) is 0.900. The van der Waals surface area contributed by atoms with Crippen molar-refractivity contribution in [2.24, 2.45) is 5.92 Å². The molecule has 0 unspecified atom stereocenters. The quantitative estimate of drug-likeness (QED) is 0.681. The molecule has 0 aromatic carbocycles. The van der Waals surface area contributed by atoms with E-state index in [1.165, 1.54) is 0 Å². The zero-order valence-electron chi connectivity index (χ0n) is 9.05. The minimum atomic E-state index is -0.500. The molecule has 0 atom stereocenters. The molecule has 0 aromatic rings. The van der Waals surface area contributed by atoms with Gasteiger partial charge in [0.05, 0.1) is 12.1 Å². The number of rotatable bonds is 5. The third kappa shape index (κ3) is 4.27. The van der Waals surface area contributed by atoms with E-state index in [1.807, 2.05) is 27.7 Å². The number of hydrogen-bond acceptors (Lipinski definition) is 2. The van der Waals surface area contributed by atoms with E-state index in [-0.39, 0.29) is 18.4 Å². The largest absolute Gasteiger partial charge is 0.394 e. The van der Waals surface area contributed by atoms with Crippen molar-refractivity contribution in [1.29, 1.82) is 0 Å². The molecule has 0 rings (SSSR count). The summed E-state index contributed by atoms with van der Waals surface area (Å²) in [6, 6.07) is 0. The van der Waals surface area contributed by atoms with Crippen molar-refractivity contribution in [3.05, 3.63) is 0 Å². The standard InChI is InChI=1S/C10H21NO2/c1-5-8(6-2)9(13)11-10(3,4)7-12/h8,12H,5-7H2,1-4H3,(H,11,13). The second-order valence-corrected chi connectivity index (χ2v) is 4.04. The van der Waals surface area contributed by atoms with Gasteiger partial charge in [-0.25, -0.2) is 0 Å². The second kappa shape index (κ2) is 5.22. The molecule has 0 saturated heterocycles. The lowest BCUT2D eigenvalue weighted by Gasteiger charge is -2.26. The molecule has 78 valence electrons. The maximum atomic E-state index is 11.6. The SMILES string of the molecule is CCC(CC)C(=O)NC(C)(C)CO. The molecule has 0 spiro atoms. The van der Waals surface area contributed by atoms with Crippen LogP contribution < -0.4 is 5.32 Å². The predicted molar refractivity (Wildman–Crippen MR) is 53.4 cm³/mol. The lowest BCUT2D eigenvalue weighted by molar-refractivity contribution is -0.127. The molecule has 0 aromatic heterocycles. The number of aliphatic hydroxyl groups is 1. The summed E-state index contributed by atoms with van der Waals surface area (Å²) < 4.78 is 0. The Hall–Kier alpha value is -0.570. The van der Waals surface area contributed by atoms with Gasteiger partial charge in [-0.1, -0.05) is 13.8 Å². The van der Waals surface area contributed by atoms with Crippen LogP contribution in [0, 0.1) is 5.92 Å². The van der Waals surface area contributed by atoms with Gasteiger partial charge in [-0.05, 0) is 26.7 Å². The monoisotopic (exact) mass is 187 g/mol. The number of carbonyl (C=O) groups excluding carboxylic acids is 1. The van der Waals surface area contributed by atoms with Crippen molar-refractivity contribution in [2.45, 2.75) is 46.1 Å². The van der Waals surface area contributed by atoms with Crippen LogP contribution in [-0.4, -0.2) is 23.2 Å². The number of nitrogens with one attached hydrogen (secondary N) is 1. The van der Waals surface area contributed by atoms with Crippen LogP contribution >= 0.6 is 0 Å². The van der Waals surface area contributed by atoms with Crippen LogP contribution in [0.25, 0.3) is 0 Å². The van der Waals surface area contributed by atoms with Gasteiger partial charge in [0.15, 0.2) is 0 Å². The van der Waals surface area contributed by atoms with E-state index in [0.29, 0.717) is 0 Å². The molecule has 0 fully saturated rings. The van der Waals surface area contributed by atoms with Crippen LogP contribution in [-0.2, 0) is 4.79 Å². The van der Waals surface area contributed by atoms with E-state index in [4.69, 9.17) is 5.11 Å². The van der Waals surface area contributed by atoms with E-state index in [0.717, 1.165) is 12.8 Å². The van der Waals surface area contributed by atoms with Crippen LogP contribution in [0.5, 0.6) is 0 Å². The Morgan fingerprint density at radius 2 is 1.85 bits per heavy atom. The summed E-state index contributed by atoms with van der Waals surface area (Å²) >= 11 is 0. The molecular weight excluding hydrogens is 166 g/mol. The van der Waals surface area contributed by atoms with E-state index in [2.05, 4.69) is 5.32 Å². The fourth-order valence-corrected chi connectivity index (χ4v) is 1.13. The first-order valence-electron chi connectivity index (χ1n) is 4.89. The molecule has 1 amide bonds. The summed E-state index contributed by atoms with van der Waals surface area (Å²) in [6.45, 7) is 7.60. The van der Waals surface area contributed by atoms with Gasteiger partial charge in [0, 0.05) is 5.92 Å². The van der Waals surface area contributed by atoms with Gasteiger partial charge >= 0.3 is 0 Å². The molecule has 3 nitrogen and oxygen atoms in total. The lowest BCUT2D eigenvalue weighted by atomic mass is 9.99. The van der Waals surface area contributed by atoms with Gasteiger partial charge < -0.3 is 10.4 Å². The van der Waals surface area contributed by atoms with Crippen molar-refractivity contribution in [2.75, 3.05) is 6.61 Å². The van der Waals surface area contributed by atoms with Gasteiger partial charge in [-0.15, -0.1) is 0 Å². The maximum Gasteiger partial charge on any atom is 0.223 e. The number of amides is 1. The van der Waals surface area contributed by atoms with Crippen molar-refractivity contribution in [1.82, 2.24) is 5.32 Å². The Morgan fingerprint density at radius 1 is 1.38 bits per heavy atom. The molecule has 2 N–H and O–H groups in total. The first-order chi connectivity index (χ1) is 5.96. The van der Waals surface area contributed by atoms with Crippen LogP contribution in [0.2, 0.25) is 0 Å². The number of aliphatic hydroxyl groups excluding tert-OH is 1. The average molecular weight is 187 g/mol. The third-order valence-electron chi connectivity index (χ3n) is 2.21. The van der Waals surface area contributed by atoms with Crippen molar-refractivity contribution in [3.63, 3.8) is 0 Å². The smallest absolute Gasteiger partial charge is 0.223 e. The van der Waals surface area contributed by atoms with Crippen LogP contribution in [0.1, 0.15) is 40.5 Å². The van der Waals surface area contributed by atoms with E-state index in [9.17, 15) is 4.79 Å². The van der Waals surface area contributed by atoms with Gasteiger partial charge in [-0.3, -0.25) is 4.79 Å². The lowest BCUT2D eigenvalue weighted by Crippen LogP contribution is -2.48. The summed E-state index contributed by atoms with van der Waals surface area (Å²) in [5, 5.41) is 11.8. The van der Waals surface area contributed by atoms with Crippen molar-refractivity contribution < 1.29 is 9.90 Å². The summed E-state index contributed by atoms with van der Waals surface area (Å²) in [5.41, 5.74) is -0.500. The topological polar surface area (TPSA) is 49.3 Å². The van der Waals surface area contributed by atoms with Gasteiger partial charge in [0.2, 0.25) is 5.91 Å². The third-order valence-corrected chi connectivity index (χ3v) is 2.21. The summed E-state index contributed by atoms with van der Waals surface area (Å²) in [4.78, 5) is 11.6. The summed E-state index contributed by atoms with van der Waals surface area (Å²) in [5.74, 6) is 0.120. The fourth-order valence-electron chi connectivity index (χ4n) is 1.13. The van der Waals surface area contributed by atoms with Gasteiger partial charge in [0.25, 0.3) is 0 Å². The second-order valence-electron chi connectivity index (χ2n) is 4.04. The highest BCUT2D eigenvalue weighted by Gasteiger charge is 2.22. The highest BCUT2D eigenvalue weighted by molar-refractivity contribution is 5.79. The van der Waals surface area contributed by atoms with Crippen molar-refractivity contribution >= 4 is 5.91 Å². The average Bonchev–Trinajstić information content (AvgIpc) is 2.06. The molecule has 3 heteroatoms. The molecule has 13 heavy (non-hydrogen) atoms. The first kappa shape index (κ1) is 12.4. The highest BCUT2D eigenvalue weighted by atomic mass is 16.3. The first-order valence-corrected chi connectivity index (χ1v) is 4.89. The summed E-state index contributed by atoms with van der Waals surface area (Å²) in [7, 11) is 0. The van der Waals surface area contributed by atoms with E-state index in [1.54, 1.807) is 0 Å². The van der Waals surface area contributed by atoms with Crippen LogP contribution in [0.3, 0.4) is 0 Å². The van der Waals surface area contributed by atoms with E-state index >= 15 is 0 Å². The Labute approximate surface area is 80.5 Å². The predicted octanol–water partition coefficient (Wildman–Crippen LogP) is 1.31. The zero-order chi connectivity index (χ0) is 10.5. The molecular formula is C10H21NO2. The maximum absolute atomic E-state index is 11.6. The number of carbonyl (C=O) groups is 1. The minimum Gasteiger partial charge on any atom is -0.394 e. The molecule has 0 bridgehead atoms. The van der Waals surface area contributed by atoms with Gasteiger partial charge in [0.1, 0.15) is 0 Å². The molecule has 0 aliphatic heterocycles. The number of hydrogen-bond donors (Lipinski definition) is 2. The zero-order valence-corrected chi connectivity index (χ0v) is 9.05. The van der Waals surface area contributed by atoms with E-state index < -0.39 is 5.54 Å². The van der Waals surface area contributed by atoms with Gasteiger partial charge in [-0.2, -0.15) is 0 Å². The molecule has 0 saturated carbocycles. The Bertz CT molecular complexity index is 162. The Morgan fingerprint density at radius 3 is 2.15 bits per heavy atom. The minimum absolute atomic E-state index is 0.0289. The van der Waals surface area contributed by atoms with Crippen molar-refractivity contribution in [3.8, 4) is 0 Å². The molecule has 0 heterocycles. The highest BCUT2D eigenvalue weighted by Crippen LogP contribution is 2.10. The Kier molecular flexibility index (Phi) is 4.99.